The lowest BCUT2D eigenvalue weighted by molar-refractivity contribution is 0.478. The number of phenolic OH excluding ortho intramolecular Hbond substituents is 2. The predicted octanol–water partition coefficient (Wildman–Crippen LogP) is 12.0. The van der Waals surface area contributed by atoms with Crippen LogP contribution in [0.3, 0.4) is 0 Å². The Morgan fingerprint density at radius 3 is 1.26 bits per heavy atom. The molecule has 0 atom stereocenters. The van der Waals surface area contributed by atoms with Gasteiger partial charge in [-0.3, -0.25) is 9.97 Å². The quantitative estimate of drug-likeness (QED) is 0.139. The summed E-state index contributed by atoms with van der Waals surface area (Å²) in [5.74, 6) is 0.290. The molecule has 8 aromatic rings. The molecule has 0 aliphatic rings. The largest absolute Gasteiger partial charge is 0.507 e. The minimum absolute atomic E-state index is 0.145. The monoisotopic (exact) mass is 706 g/mol. The van der Waals surface area contributed by atoms with Crippen LogP contribution in [0.25, 0.3) is 78.0 Å². The van der Waals surface area contributed by atoms with Crippen molar-refractivity contribution in [3.05, 3.63) is 145 Å². The SMILES string of the molecule is CCCCc1cc(-c2ccccn2)c(O)c(-c2nc(-c3cc4ccccc4c(-c4cc(CCCC)cc(-c5ccccn5)c4O)n3)cc3ccccc23)c1. The Morgan fingerprint density at radius 2 is 0.852 bits per heavy atom. The van der Waals surface area contributed by atoms with Gasteiger partial charge in [0, 0.05) is 45.4 Å². The van der Waals surface area contributed by atoms with Gasteiger partial charge in [0.15, 0.2) is 0 Å². The van der Waals surface area contributed by atoms with Gasteiger partial charge in [0.2, 0.25) is 0 Å². The Kier molecular flexibility index (Phi) is 9.82. The summed E-state index contributed by atoms with van der Waals surface area (Å²) < 4.78 is 0. The third kappa shape index (κ3) is 6.79. The Morgan fingerprint density at radius 1 is 0.444 bits per heavy atom. The van der Waals surface area contributed by atoms with Gasteiger partial charge in [-0.1, -0.05) is 87.4 Å². The molecule has 4 aromatic carbocycles. The van der Waals surface area contributed by atoms with Crippen LogP contribution in [0.15, 0.2) is 134 Å². The lowest BCUT2D eigenvalue weighted by Gasteiger charge is -2.17. The van der Waals surface area contributed by atoms with Gasteiger partial charge < -0.3 is 10.2 Å². The lowest BCUT2D eigenvalue weighted by atomic mass is 9.93. The van der Waals surface area contributed by atoms with Crippen molar-refractivity contribution in [1.29, 1.82) is 0 Å². The fraction of sp³-hybridized carbons (Fsp3) is 0.167. The van der Waals surface area contributed by atoms with Gasteiger partial charge in [-0.2, -0.15) is 0 Å². The lowest BCUT2D eigenvalue weighted by Crippen LogP contribution is -1.98. The van der Waals surface area contributed by atoms with Gasteiger partial charge in [0.1, 0.15) is 11.5 Å². The summed E-state index contributed by atoms with van der Waals surface area (Å²) in [6, 6.07) is 40.2. The zero-order valence-electron chi connectivity index (χ0n) is 30.6. The van der Waals surface area contributed by atoms with E-state index in [0.29, 0.717) is 56.4 Å². The third-order valence-electron chi connectivity index (χ3n) is 10.1. The van der Waals surface area contributed by atoms with Crippen LogP contribution in [0.4, 0.5) is 0 Å². The first kappa shape index (κ1) is 34.7. The van der Waals surface area contributed by atoms with E-state index in [1.54, 1.807) is 12.4 Å². The second-order valence-corrected chi connectivity index (χ2v) is 13.9. The van der Waals surface area contributed by atoms with Crippen molar-refractivity contribution in [3.8, 4) is 67.9 Å². The summed E-state index contributed by atoms with van der Waals surface area (Å²) in [7, 11) is 0. The number of hydrogen-bond donors (Lipinski definition) is 2. The average molecular weight is 707 g/mol. The average Bonchev–Trinajstić information content (AvgIpc) is 3.22. The summed E-state index contributed by atoms with van der Waals surface area (Å²) in [5.41, 5.74) is 9.03. The van der Waals surface area contributed by atoms with E-state index in [-0.39, 0.29) is 11.5 Å². The van der Waals surface area contributed by atoms with E-state index in [1.165, 1.54) is 0 Å². The predicted molar refractivity (Wildman–Crippen MR) is 220 cm³/mol. The van der Waals surface area contributed by atoms with Crippen LogP contribution >= 0.6 is 0 Å². The first-order chi connectivity index (χ1) is 26.5. The van der Waals surface area contributed by atoms with E-state index in [9.17, 15) is 10.2 Å². The number of nitrogens with zero attached hydrogens (tertiary/aromatic N) is 4. The van der Waals surface area contributed by atoms with Crippen LogP contribution in [0.1, 0.15) is 50.7 Å². The molecule has 0 bridgehead atoms. The highest BCUT2D eigenvalue weighted by Gasteiger charge is 2.22. The molecule has 54 heavy (non-hydrogen) atoms. The Balaban J connectivity index is 1.37. The van der Waals surface area contributed by atoms with Crippen molar-refractivity contribution in [2.45, 2.75) is 52.4 Å². The molecule has 4 aromatic heterocycles. The van der Waals surface area contributed by atoms with Crippen molar-refractivity contribution >= 4 is 21.5 Å². The van der Waals surface area contributed by atoms with Gasteiger partial charge in [-0.15, -0.1) is 0 Å². The number of phenols is 2. The molecular weight excluding hydrogens is 665 g/mol. The maximum atomic E-state index is 12.0. The number of pyridine rings is 4. The highest BCUT2D eigenvalue weighted by molar-refractivity contribution is 6.02. The first-order valence-electron chi connectivity index (χ1n) is 18.9. The van der Waals surface area contributed by atoms with E-state index >= 15 is 0 Å². The van der Waals surface area contributed by atoms with E-state index in [2.05, 4.69) is 84.5 Å². The van der Waals surface area contributed by atoms with Crippen LogP contribution < -0.4 is 0 Å². The molecule has 0 aliphatic heterocycles. The van der Waals surface area contributed by atoms with Gasteiger partial charge in [0.05, 0.1) is 34.2 Å². The minimum Gasteiger partial charge on any atom is -0.507 e. The van der Waals surface area contributed by atoms with Crippen LogP contribution in [0.2, 0.25) is 0 Å². The van der Waals surface area contributed by atoms with Gasteiger partial charge in [-0.25, -0.2) is 9.97 Å². The smallest absolute Gasteiger partial charge is 0.134 e. The summed E-state index contributed by atoms with van der Waals surface area (Å²) >= 11 is 0. The number of aryl methyl sites for hydroxylation is 2. The Hall–Kier alpha value is -6.40. The van der Waals surface area contributed by atoms with Gasteiger partial charge >= 0.3 is 0 Å². The normalized spacial score (nSPS) is 11.4. The standard InChI is InChI=1S/C48H42N4O2/c1-3-5-15-31-25-37(41-21-11-13-23-49-41)47(53)39(27-31)45-35-19-9-7-17-33(35)29-43(51-45)44-30-34-18-8-10-20-36(34)46(52-44)40-28-32(16-6-4-2)26-38(48(40)54)42-22-12-14-24-50-42/h7-14,17-30,53-54H,3-6,15-16H2,1-2H3. The van der Waals surface area contributed by atoms with Crippen molar-refractivity contribution in [1.82, 2.24) is 19.9 Å². The maximum absolute atomic E-state index is 12.0. The molecular formula is C48H42N4O2. The minimum atomic E-state index is 0.145. The van der Waals surface area contributed by atoms with Crippen LogP contribution in [-0.2, 0) is 12.8 Å². The molecule has 0 saturated carbocycles. The van der Waals surface area contributed by atoms with Crippen LogP contribution in [0, 0.1) is 0 Å². The second-order valence-electron chi connectivity index (χ2n) is 13.9. The van der Waals surface area contributed by atoms with E-state index < -0.39 is 0 Å². The fourth-order valence-corrected chi connectivity index (χ4v) is 7.31. The molecule has 8 rings (SSSR count). The Bertz CT molecular complexity index is 2420. The molecule has 0 aliphatic carbocycles. The second kappa shape index (κ2) is 15.3. The van der Waals surface area contributed by atoms with Crippen molar-refractivity contribution in [2.75, 3.05) is 0 Å². The topological polar surface area (TPSA) is 92.0 Å². The molecule has 2 N–H and O–H groups in total. The molecule has 0 radical (unpaired) electrons. The molecule has 0 saturated heterocycles. The number of aromatic nitrogens is 4. The van der Waals surface area contributed by atoms with Crippen LogP contribution in [0.5, 0.6) is 11.5 Å². The Labute approximate surface area is 315 Å². The molecule has 0 amide bonds. The molecule has 4 heterocycles. The van der Waals surface area contributed by atoms with E-state index in [1.807, 2.05) is 60.7 Å². The molecule has 0 fully saturated rings. The number of rotatable bonds is 11. The van der Waals surface area contributed by atoms with Crippen LogP contribution in [-0.4, -0.2) is 30.1 Å². The summed E-state index contributed by atoms with van der Waals surface area (Å²) in [4.78, 5) is 19.9. The zero-order valence-corrected chi connectivity index (χ0v) is 30.6. The third-order valence-corrected chi connectivity index (χ3v) is 10.1. The van der Waals surface area contributed by atoms with Gasteiger partial charge in [-0.05, 0) is 108 Å². The maximum Gasteiger partial charge on any atom is 0.134 e. The molecule has 0 unspecified atom stereocenters. The van der Waals surface area contributed by atoms with Crippen molar-refractivity contribution in [3.63, 3.8) is 0 Å². The van der Waals surface area contributed by atoms with Crippen molar-refractivity contribution in [2.24, 2.45) is 0 Å². The zero-order chi connectivity index (χ0) is 37.0. The first-order valence-corrected chi connectivity index (χ1v) is 18.9. The summed E-state index contributed by atoms with van der Waals surface area (Å²) in [5, 5.41) is 27.8. The van der Waals surface area contributed by atoms with E-state index in [0.717, 1.165) is 71.2 Å². The molecule has 6 nitrogen and oxygen atoms in total. The molecule has 266 valence electrons. The van der Waals surface area contributed by atoms with Crippen molar-refractivity contribution < 1.29 is 10.2 Å². The summed E-state index contributed by atoms with van der Waals surface area (Å²) in [6.45, 7) is 4.37. The number of fused-ring (bicyclic) bond motifs is 2. The highest BCUT2D eigenvalue weighted by Crippen LogP contribution is 2.44. The highest BCUT2D eigenvalue weighted by atomic mass is 16.3. The number of unbranched alkanes of at least 4 members (excludes halogenated alkanes) is 2. The number of hydrogen-bond acceptors (Lipinski definition) is 6. The van der Waals surface area contributed by atoms with E-state index in [4.69, 9.17) is 9.97 Å². The number of aromatic hydroxyl groups is 2. The number of benzene rings is 4. The summed E-state index contributed by atoms with van der Waals surface area (Å²) in [6.07, 6.45) is 9.42. The molecule has 6 heteroatoms. The van der Waals surface area contributed by atoms with Gasteiger partial charge in [0.25, 0.3) is 0 Å². The fourth-order valence-electron chi connectivity index (χ4n) is 7.31. The molecule has 0 spiro atoms.